The lowest BCUT2D eigenvalue weighted by atomic mass is 9.59. The second kappa shape index (κ2) is 9.96. The molecule has 1 aliphatic heterocycles. The monoisotopic (exact) mass is 665 g/mol. The van der Waals surface area contributed by atoms with Crippen LogP contribution in [0.4, 0.5) is 5.69 Å². The van der Waals surface area contributed by atoms with E-state index in [1.54, 1.807) is 24.3 Å². The van der Waals surface area contributed by atoms with Crippen LogP contribution in [0.1, 0.15) is 36.8 Å². The molecule has 0 spiro atoms. The van der Waals surface area contributed by atoms with Crippen molar-refractivity contribution in [1.82, 2.24) is 0 Å². The summed E-state index contributed by atoms with van der Waals surface area (Å²) in [6.45, 7) is 2.04. The number of anilines is 1. The molecule has 1 heterocycles. The van der Waals surface area contributed by atoms with Gasteiger partial charge in [-0.2, -0.15) is 0 Å². The molecule has 6 rings (SSSR count). The maximum absolute atomic E-state index is 14.0. The number of halogens is 2. The molecule has 1 N–H and O–H groups in total. The predicted molar refractivity (Wildman–Crippen MR) is 155 cm³/mol. The molecule has 1 saturated heterocycles. The van der Waals surface area contributed by atoms with Crippen LogP contribution in [0.3, 0.4) is 0 Å². The van der Waals surface area contributed by atoms with E-state index in [1.807, 2.05) is 25.1 Å². The van der Waals surface area contributed by atoms with E-state index in [0.717, 1.165) is 17.6 Å². The fourth-order valence-electron chi connectivity index (χ4n) is 6.67. The number of nitrogens with zero attached hydrogens (tertiary/aromatic N) is 1. The zero-order chi connectivity index (χ0) is 28.5. The summed E-state index contributed by atoms with van der Waals surface area (Å²) in [6, 6.07) is 10.7. The number of fused-ring (bicyclic) bond motifs is 3. The fraction of sp³-hybridized carbons (Fsp3) is 0.290. The average Bonchev–Trinajstić information content (AvgIpc) is 3.21. The molecular formula is C31H25Br2NO6. The maximum Gasteiger partial charge on any atom is 0.238 e. The molecule has 0 bridgehead atoms. The Morgan fingerprint density at radius 3 is 2.42 bits per heavy atom. The van der Waals surface area contributed by atoms with E-state index in [0.29, 0.717) is 27.7 Å². The minimum atomic E-state index is -0.782. The highest BCUT2D eigenvalue weighted by Crippen LogP contribution is 2.57. The molecule has 4 aliphatic rings. The Kier molecular flexibility index (Phi) is 6.70. The number of imide groups is 1. The summed E-state index contributed by atoms with van der Waals surface area (Å²) < 4.78 is 6.15. The first-order valence-electron chi connectivity index (χ1n) is 13.1. The highest BCUT2D eigenvalue weighted by atomic mass is 79.9. The van der Waals surface area contributed by atoms with Gasteiger partial charge < -0.3 is 9.84 Å². The van der Waals surface area contributed by atoms with Crippen molar-refractivity contribution in [2.24, 2.45) is 17.8 Å². The summed E-state index contributed by atoms with van der Waals surface area (Å²) in [6.07, 6.45) is 4.49. The number of ether oxygens (including phenoxy) is 1. The summed E-state index contributed by atoms with van der Waals surface area (Å²) in [7, 11) is 1.43. The van der Waals surface area contributed by atoms with Gasteiger partial charge in [-0.05, 0) is 70.9 Å². The third-order valence-corrected chi connectivity index (χ3v) is 9.58. The Bertz CT molecular complexity index is 1600. The molecule has 0 unspecified atom stereocenters. The summed E-state index contributed by atoms with van der Waals surface area (Å²) >= 11 is 6.70. The van der Waals surface area contributed by atoms with Gasteiger partial charge in [0.2, 0.25) is 11.8 Å². The van der Waals surface area contributed by atoms with Gasteiger partial charge in [0.05, 0.1) is 29.1 Å². The van der Waals surface area contributed by atoms with Crippen molar-refractivity contribution in [3.63, 3.8) is 0 Å². The minimum Gasteiger partial charge on any atom is -0.504 e. The van der Waals surface area contributed by atoms with Crippen LogP contribution in [0.15, 0.2) is 74.2 Å². The Morgan fingerprint density at radius 1 is 1.02 bits per heavy atom. The summed E-state index contributed by atoms with van der Waals surface area (Å²) in [5.74, 6) is -3.72. The maximum atomic E-state index is 14.0. The number of methoxy groups -OCH3 is 1. The van der Waals surface area contributed by atoms with E-state index < -0.39 is 23.7 Å². The van der Waals surface area contributed by atoms with Crippen LogP contribution in [0.5, 0.6) is 11.5 Å². The number of rotatable bonds is 4. The average molecular weight is 667 g/mol. The highest BCUT2D eigenvalue weighted by molar-refractivity contribution is 9.12. The van der Waals surface area contributed by atoms with Crippen molar-refractivity contribution in [2.75, 3.05) is 12.0 Å². The van der Waals surface area contributed by atoms with Crippen molar-refractivity contribution in [3.05, 3.63) is 85.4 Å². The first kappa shape index (κ1) is 26.9. The van der Waals surface area contributed by atoms with E-state index in [1.165, 1.54) is 18.1 Å². The van der Waals surface area contributed by atoms with E-state index in [-0.39, 0.29) is 51.4 Å². The van der Waals surface area contributed by atoms with Crippen molar-refractivity contribution in [3.8, 4) is 11.5 Å². The molecule has 2 aromatic carbocycles. The lowest BCUT2D eigenvalue weighted by Gasteiger charge is -2.42. The number of amides is 2. The largest absolute Gasteiger partial charge is 0.504 e. The number of allylic oxidation sites excluding steroid dienone is 6. The van der Waals surface area contributed by atoms with Gasteiger partial charge in [0.15, 0.2) is 23.1 Å². The molecule has 1 fully saturated rings. The Balaban J connectivity index is 1.50. The zero-order valence-corrected chi connectivity index (χ0v) is 24.9. The summed E-state index contributed by atoms with van der Waals surface area (Å²) in [4.78, 5) is 55.7. The van der Waals surface area contributed by atoms with E-state index in [9.17, 15) is 24.3 Å². The van der Waals surface area contributed by atoms with Gasteiger partial charge in [-0.15, -0.1) is 0 Å². The third-order valence-electron chi connectivity index (χ3n) is 8.53. The third kappa shape index (κ3) is 3.96. The topological polar surface area (TPSA) is 101 Å². The van der Waals surface area contributed by atoms with Crippen LogP contribution in [-0.2, 0) is 25.6 Å². The Morgan fingerprint density at radius 2 is 1.75 bits per heavy atom. The molecular weight excluding hydrogens is 642 g/mol. The number of carbonyl (C=O) groups is 4. The van der Waals surface area contributed by atoms with Crippen molar-refractivity contribution in [2.45, 2.75) is 32.1 Å². The molecule has 3 aliphatic carbocycles. The molecule has 0 aromatic heterocycles. The first-order chi connectivity index (χ1) is 19.2. The summed E-state index contributed by atoms with van der Waals surface area (Å²) in [5.41, 5.74) is 3.36. The zero-order valence-electron chi connectivity index (χ0n) is 21.7. The number of aryl methyl sites for hydroxylation is 1. The number of Topliss-reactive ketones (excluding diaryl/α,β-unsaturated/α-hetero) is 1. The number of hydrogen-bond acceptors (Lipinski definition) is 6. The Hall–Kier alpha value is -3.30. The lowest BCUT2D eigenvalue weighted by molar-refractivity contribution is -0.123. The Labute approximate surface area is 247 Å². The van der Waals surface area contributed by atoms with Crippen LogP contribution in [0.2, 0.25) is 0 Å². The van der Waals surface area contributed by atoms with Gasteiger partial charge in [-0.3, -0.25) is 24.1 Å². The molecule has 40 heavy (non-hydrogen) atoms. The smallest absolute Gasteiger partial charge is 0.238 e. The van der Waals surface area contributed by atoms with Gasteiger partial charge >= 0.3 is 0 Å². The molecule has 7 nitrogen and oxygen atoms in total. The molecule has 0 saturated carbocycles. The quantitative estimate of drug-likeness (QED) is 0.256. The molecule has 9 heteroatoms. The van der Waals surface area contributed by atoms with E-state index in [2.05, 4.69) is 31.9 Å². The van der Waals surface area contributed by atoms with Crippen LogP contribution in [0.25, 0.3) is 0 Å². The van der Waals surface area contributed by atoms with Crippen molar-refractivity contribution < 1.29 is 29.0 Å². The highest BCUT2D eigenvalue weighted by Gasteiger charge is 2.57. The predicted octanol–water partition coefficient (Wildman–Crippen LogP) is 5.69. The minimum absolute atomic E-state index is 0.147. The van der Waals surface area contributed by atoms with Gasteiger partial charge in [0.1, 0.15) is 0 Å². The van der Waals surface area contributed by atoms with E-state index in [4.69, 9.17) is 4.74 Å². The second-order valence-corrected chi connectivity index (χ2v) is 12.2. The number of aromatic hydroxyl groups is 1. The van der Waals surface area contributed by atoms with Gasteiger partial charge in [0, 0.05) is 33.2 Å². The SMILES string of the molecule is CCc1ccc(N2C(=O)[C@H]3[C@H](CC=C4[C@H](c5cc(Br)cc(OC)c5O)C5=C(C[C@H]43)C(=O)C(Br)=CC5=O)C2=O)cc1. The number of ketones is 2. The molecule has 0 radical (unpaired) electrons. The van der Waals surface area contributed by atoms with Crippen LogP contribution >= 0.6 is 31.9 Å². The number of phenolic OH excluding ortho intramolecular Hbond substituents is 1. The molecule has 2 aromatic rings. The van der Waals surface area contributed by atoms with Gasteiger partial charge in [-0.1, -0.05) is 46.6 Å². The number of benzene rings is 2. The molecule has 4 atom stereocenters. The van der Waals surface area contributed by atoms with Crippen LogP contribution < -0.4 is 9.64 Å². The molecule has 2 amide bonds. The summed E-state index contributed by atoms with van der Waals surface area (Å²) in [5, 5.41) is 11.2. The van der Waals surface area contributed by atoms with Crippen molar-refractivity contribution in [1.29, 1.82) is 0 Å². The number of carbonyl (C=O) groups excluding carboxylic acids is 4. The fourth-order valence-corrected chi connectivity index (χ4v) is 7.57. The van der Waals surface area contributed by atoms with Crippen molar-refractivity contribution >= 4 is 60.9 Å². The van der Waals surface area contributed by atoms with Crippen LogP contribution in [0, 0.1) is 17.8 Å². The second-order valence-electron chi connectivity index (χ2n) is 10.5. The van der Waals surface area contributed by atoms with Gasteiger partial charge in [0.25, 0.3) is 0 Å². The van der Waals surface area contributed by atoms with E-state index >= 15 is 0 Å². The van der Waals surface area contributed by atoms with Crippen LogP contribution in [-0.4, -0.2) is 35.6 Å². The number of phenols is 1. The molecule has 204 valence electrons. The first-order valence-corrected chi connectivity index (χ1v) is 14.7. The standard InChI is InChI=1S/C31H25Br2NO6/c1-3-14-4-6-16(7-5-14)34-30(38)18-9-8-17-19(26(18)31(34)39)12-21-27(23(35)13-22(33)28(21)36)25(17)20-10-15(32)11-24(40-2)29(20)37/h4-8,10-11,13,18-19,25-26,37H,3,9,12H2,1-2H3/t18-,19+,25+,26-/m0/s1. The van der Waals surface area contributed by atoms with Gasteiger partial charge in [-0.25, -0.2) is 0 Å². The lowest BCUT2D eigenvalue weighted by Crippen LogP contribution is -2.39. The number of hydrogen-bond donors (Lipinski definition) is 1. The normalized spacial score (nSPS) is 25.9.